The van der Waals surface area contributed by atoms with E-state index in [4.69, 9.17) is 0 Å². The van der Waals surface area contributed by atoms with E-state index in [2.05, 4.69) is 328 Å². The smallest absolute Gasteiger partial charge is 0.209 e. The number of pyridine rings is 3. The minimum Gasteiger partial charge on any atom is -0.394 e. The Morgan fingerprint density at radius 2 is 0.897 bits per heavy atom. The molecular weight excluding hydrogens is 1570 g/mol. The first kappa shape index (κ1) is 117. The number of likely N-dealkylation sites (N-methyl/N-ethyl adjacent to an activating group) is 1. The average molecular weight is 1750 g/mol. The minimum atomic E-state index is 0. The molecule has 10 aromatic rings. The second-order valence-electron chi connectivity index (χ2n) is 41.6. The fourth-order valence-corrected chi connectivity index (χ4v) is 15.8. The molecule has 0 spiro atoms. The Balaban J connectivity index is 0.00000138. The number of rotatable bonds is 1. The molecule has 8 aliphatic rings. The molecule has 10 aromatic heterocycles. The van der Waals surface area contributed by atoms with Crippen LogP contribution in [0.5, 0.6) is 0 Å². The van der Waals surface area contributed by atoms with E-state index < -0.39 is 0 Å². The highest BCUT2D eigenvalue weighted by atomic mass is 16.3. The van der Waals surface area contributed by atoms with Gasteiger partial charge in [-0.2, -0.15) is 9.80 Å². The zero-order valence-electron chi connectivity index (χ0n) is 76.0. The molecule has 27 heteroatoms. The lowest BCUT2D eigenvalue weighted by atomic mass is 9.82. The molecular formula is C99H180N26O+2. The van der Waals surface area contributed by atoms with Crippen molar-refractivity contribution in [1.29, 1.82) is 0 Å². The first-order valence-corrected chi connectivity index (χ1v) is 42.4. The number of hydrogen-bond donors (Lipinski definition) is 1. The Morgan fingerprint density at radius 3 is 1.44 bits per heavy atom. The molecule has 2 fully saturated rings. The molecule has 27 nitrogen and oxygen atoms in total. The van der Waals surface area contributed by atoms with Gasteiger partial charge in [-0.3, -0.25) is 9.30 Å². The van der Waals surface area contributed by atoms with E-state index in [1.54, 1.807) is 4.52 Å². The summed E-state index contributed by atoms with van der Waals surface area (Å²) in [5.74, 6) is 9.82. The number of aromatic nitrogens is 20. The summed E-state index contributed by atoms with van der Waals surface area (Å²) in [7, 11) is 2.12. The van der Waals surface area contributed by atoms with Gasteiger partial charge < -0.3 is 23.4 Å². The lowest BCUT2D eigenvalue weighted by Gasteiger charge is -2.26. The molecule has 1 N–H and O–H groups in total. The van der Waals surface area contributed by atoms with E-state index in [0.717, 1.165) is 128 Å². The minimum absolute atomic E-state index is 0. The molecule has 0 saturated carbocycles. The molecule has 710 valence electrons. The van der Waals surface area contributed by atoms with Crippen molar-refractivity contribution in [2.24, 2.45) is 26.3 Å². The van der Waals surface area contributed by atoms with Crippen molar-refractivity contribution in [2.75, 3.05) is 33.3 Å². The largest absolute Gasteiger partial charge is 0.394 e. The van der Waals surface area contributed by atoms with Gasteiger partial charge in [0.15, 0.2) is 18.2 Å². The fourth-order valence-electron chi connectivity index (χ4n) is 15.8. The summed E-state index contributed by atoms with van der Waals surface area (Å²) in [6.45, 7) is 67.8. The molecule has 0 aromatic carbocycles. The third-order valence-corrected chi connectivity index (χ3v) is 21.9. The summed E-state index contributed by atoms with van der Waals surface area (Å²) in [6, 6.07) is 20.0. The summed E-state index contributed by atoms with van der Waals surface area (Å²) < 4.78 is 19.1. The molecule has 18 rings (SSSR count). The van der Waals surface area contributed by atoms with Gasteiger partial charge in [-0.1, -0.05) is 285 Å². The van der Waals surface area contributed by atoms with Gasteiger partial charge in [0, 0.05) is 132 Å². The van der Waals surface area contributed by atoms with Crippen LogP contribution in [0.25, 0.3) is 16.7 Å². The molecule has 0 radical (unpaired) electrons. The number of aliphatic hydroxyl groups is 1. The van der Waals surface area contributed by atoms with Crippen molar-refractivity contribution in [3.8, 4) is 0 Å². The van der Waals surface area contributed by atoms with E-state index >= 15 is 0 Å². The molecule has 2 saturated heterocycles. The Morgan fingerprint density at radius 1 is 0.413 bits per heavy atom. The van der Waals surface area contributed by atoms with Crippen LogP contribution in [0.1, 0.15) is 389 Å². The number of fused-ring (bicyclic) bond motifs is 9. The SMILES string of the molecule is C.C.C.C.C.C.C.C.C.C.CC(C)(C)C1=CN=[N+]2CCCC12.CC(C)(C)C1=NN=[N+]2CCCC12.CC(C)(C)c1cnn2ccccc12.CC(C)(C)c1nnc2ccccn12.CC(C)(C)c1nnc2n1C(CO)CC2.CC(C)(C)c1nnc2n1CCC2.CC(C)(C)c1nnn2ccccc12.CC1CCc2nnc(C(C)(C)C)n21.CN1CCn2c(nnc2C(C)(C)C)C1. The predicted molar refractivity (Wildman–Crippen MR) is 527 cm³/mol. The predicted octanol–water partition coefficient (Wildman–Crippen LogP) is 23.3. The van der Waals surface area contributed by atoms with E-state index in [0.29, 0.717) is 23.5 Å². The molecule has 18 heterocycles. The van der Waals surface area contributed by atoms with Crippen LogP contribution < -0.4 is 0 Å². The van der Waals surface area contributed by atoms with Crippen molar-refractivity contribution in [1.82, 2.24) is 103 Å². The number of azo groups is 2. The van der Waals surface area contributed by atoms with Crippen molar-refractivity contribution in [3.63, 3.8) is 0 Å². The van der Waals surface area contributed by atoms with Crippen LogP contribution in [-0.2, 0) is 76.8 Å². The molecule has 126 heavy (non-hydrogen) atoms. The topological polar surface area (TPSA) is 267 Å². The highest BCUT2D eigenvalue weighted by molar-refractivity contribution is 5.93. The van der Waals surface area contributed by atoms with Gasteiger partial charge in [-0.25, -0.2) is 9.03 Å². The zero-order valence-corrected chi connectivity index (χ0v) is 76.0. The van der Waals surface area contributed by atoms with Crippen LogP contribution in [0.3, 0.4) is 0 Å². The lowest BCUT2D eigenvalue weighted by molar-refractivity contribution is -0.591. The van der Waals surface area contributed by atoms with Gasteiger partial charge in [0.25, 0.3) is 0 Å². The van der Waals surface area contributed by atoms with Crippen LogP contribution >= 0.6 is 0 Å². The second kappa shape index (κ2) is 46.3. The van der Waals surface area contributed by atoms with Gasteiger partial charge in [0.05, 0.1) is 47.2 Å². The summed E-state index contributed by atoms with van der Waals surface area (Å²) in [6.07, 6.45) is 21.6. The van der Waals surface area contributed by atoms with E-state index in [1.807, 2.05) is 82.2 Å². The van der Waals surface area contributed by atoms with Crippen LogP contribution in [0.2, 0.25) is 0 Å². The first-order chi connectivity index (χ1) is 54.0. The maximum absolute atomic E-state index is 9.24. The van der Waals surface area contributed by atoms with Crippen molar-refractivity contribution < 1.29 is 14.5 Å². The number of nitrogens with zero attached hydrogens (tertiary/aromatic N) is 26. The quantitative estimate of drug-likeness (QED) is 0.150. The Kier molecular flexibility index (Phi) is 43.0. The molecule has 8 aliphatic heterocycles. The zero-order chi connectivity index (χ0) is 85.1. The lowest BCUT2D eigenvalue weighted by Crippen LogP contribution is -2.33. The number of aryl methyl sites for hydroxylation is 3. The van der Waals surface area contributed by atoms with Gasteiger partial charge in [0.1, 0.15) is 70.4 Å². The molecule has 0 bridgehead atoms. The van der Waals surface area contributed by atoms with Crippen LogP contribution in [0.4, 0.5) is 0 Å². The van der Waals surface area contributed by atoms with E-state index in [1.165, 1.54) is 66.7 Å². The van der Waals surface area contributed by atoms with Gasteiger partial charge in [-0.05, 0) is 92.0 Å². The molecule has 4 unspecified atom stereocenters. The standard InChI is InChI=1S/C11H14N2.C10H18N4.C10H17N3O.C10H17N3.2C10H13N3.C10H17N2.C9H15N3.C9H16N3.10CH4/c1-11(2,3)9-8-12-13-7-5-4-6-10(9)13;1-10(2,3)9-12-11-8-7-13(4)5-6-14(8)9;1-10(2,3)9-12-11-8-5-4-7(6-14)13(8)9;1-7-5-6-8-11-12-9(13(7)8)10(2,3)4;1-10(2,3)9-12-11-8-6-4-5-7-13(8)9;1-10(2,3)9-8-6-4-5-7-13(8)12-11-9;1-10(2,3)8-7-11-12-6-4-5-9(8)12;1-9(2,3)8-11-10-7-5-4-6-12(7)8;1-9(2,3)8-7-5-4-6-12(7)11-10-8;;;;;;;;;;/h4-8H,1-3H3;5-7H2,1-4H3;7,14H,4-6H2,1-3H3;7H,5-6H2,1-4H3;2*4-7H,1-3H3;7,9H,4-6H2,1-3H3;4-6H2,1-3H3;7H,4-6H2,1-3H3;10*1H4/q;;;;;;+1;;+1;;;;;;;;;;. The van der Waals surface area contributed by atoms with Crippen LogP contribution in [-0.4, -0.2) is 169 Å². The van der Waals surface area contributed by atoms with E-state index in [9.17, 15) is 5.11 Å². The van der Waals surface area contributed by atoms with Crippen LogP contribution in [0.15, 0.2) is 107 Å². The van der Waals surface area contributed by atoms with Gasteiger partial charge in [0.2, 0.25) is 11.8 Å². The molecule has 0 amide bonds. The van der Waals surface area contributed by atoms with Crippen molar-refractivity contribution in [3.05, 3.63) is 155 Å². The summed E-state index contributed by atoms with van der Waals surface area (Å²) in [5.41, 5.74) is 9.44. The van der Waals surface area contributed by atoms with Gasteiger partial charge >= 0.3 is 0 Å². The number of aliphatic hydroxyl groups excluding tert-OH is 1. The third kappa shape index (κ3) is 28.3. The first-order valence-electron chi connectivity index (χ1n) is 42.4. The maximum Gasteiger partial charge on any atom is 0.209 e. The highest BCUT2D eigenvalue weighted by Gasteiger charge is 2.45. The average Bonchev–Trinajstić information content (AvgIpc) is 1.62. The summed E-state index contributed by atoms with van der Waals surface area (Å²) >= 11 is 0. The van der Waals surface area contributed by atoms with E-state index in [-0.39, 0.29) is 130 Å². The Labute approximate surface area is 764 Å². The maximum atomic E-state index is 9.24. The second-order valence-corrected chi connectivity index (χ2v) is 41.6. The normalized spacial score (nSPS) is 17.4. The Hall–Kier alpha value is -8.98. The third-order valence-electron chi connectivity index (χ3n) is 21.9. The van der Waals surface area contributed by atoms with Crippen LogP contribution in [0, 0.1) is 10.8 Å². The van der Waals surface area contributed by atoms with Crippen molar-refractivity contribution in [2.45, 2.75) is 414 Å². The molecule has 0 aliphatic carbocycles. The summed E-state index contributed by atoms with van der Waals surface area (Å²) in [5, 5.41) is 76.7. The highest BCUT2D eigenvalue weighted by Crippen LogP contribution is 2.39. The number of hydrogen-bond acceptors (Lipinski definition) is 18. The van der Waals surface area contributed by atoms with Gasteiger partial charge in [-0.15, -0.1) is 60.8 Å². The Bertz CT molecular complexity index is 4800. The monoisotopic (exact) mass is 1750 g/mol. The molecule has 4 atom stereocenters. The fraction of sp³-hybridized carbons (Fsp3) is 0.697. The summed E-state index contributed by atoms with van der Waals surface area (Å²) in [4.78, 5) is 2.27. The van der Waals surface area contributed by atoms with Crippen molar-refractivity contribution >= 4 is 22.4 Å².